The van der Waals surface area contributed by atoms with E-state index in [4.69, 9.17) is 4.74 Å². The number of aromatic carboxylic acids is 1. The quantitative estimate of drug-likeness (QED) is 0.925. The van der Waals surface area contributed by atoms with Crippen LogP contribution in [0.25, 0.3) is 0 Å². The molecule has 0 unspecified atom stereocenters. The molecule has 1 aromatic heterocycles. The lowest BCUT2D eigenvalue weighted by Gasteiger charge is -2.39. The Balaban J connectivity index is 1.72. The number of rotatable bonds is 4. The van der Waals surface area contributed by atoms with Gasteiger partial charge < -0.3 is 14.7 Å². The van der Waals surface area contributed by atoms with Gasteiger partial charge in [0.1, 0.15) is 4.88 Å². The van der Waals surface area contributed by atoms with Gasteiger partial charge in [-0.05, 0) is 31.1 Å². The van der Waals surface area contributed by atoms with E-state index in [-0.39, 0.29) is 6.61 Å². The molecule has 116 valence electrons. The number of carbonyl (C=O) groups is 1. The van der Waals surface area contributed by atoms with Crippen LogP contribution in [-0.4, -0.2) is 36.3 Å². The summed E-state index contributed by atoms with van der Waals surface area (Å²) in [5, 5.41) is 10.1. The molecule has 0 radical (unpaired) electrons. The van der Waals surface area contributed by atoms with Crippen LogP contribution in [0.5, 0.6) is 0 Å². The number of piperidine rings is 1. The summed E-state index contributed by atoms with van der Waals surface area (Å²) in [6.45, 7) is 2.26. The predicted molar refractivity (Wildman–Crippen MR) is 82.1 cm³/mol. The second-order valence-corrected chi connectivity index (χ2v) is 7.18. The standard InChI is InChI=1S/C15H22N2O3S/c1-20-10-11-12(13(18)19)21-14(16-11)17-8-6-15(7-9-17)4-2-3-5-15/h2-10H2,1H3,(H,18,19). The Morgan fingerprint density at radius 2 is 2.00 bits per heavy atom. The molecule has 1 N–H and O–H groups in total. The maximum atomic E-state index is 11.3. The fraction of sp³-hybridized carbons (Fsp3) is 0.733. The van der Waals surface area contributed by atoms with Gasteiger partial charge in [0, 0.05) is 20.2 Å². The van der Waals surface area contributed by atoms with Gasteiger partial charge >= 0.3 is 5.97 Å². The minimum atomic E-state index is -0.907. The smallest absolute Gasteiger partial charge is 0.347 e. The number of ether oxygens (including phenoxy) is 1. The fourth-order valence-electron chi connectivity index (χ4n) is 3.67. The summed E-state index contributed by atoms with van der Waals surface area (Å²) in [5.41, 5.74) is 1.12. The first-order valence-electron chi connectivity index (χ1n) is 7.60. The number of carboxylic acids is 1. The SMILES string of the molecule is COCc1nc(N2CCC3(CCCC3)CC2)sc1C(=O)O. The highest BCUT2D eigenvalue weighted by atomic mass is 32.1. The van der Waals surface area contributed by atoms with Crippen LogP contribution in [0.2, 0.25) is 0 Å². The van der Waals surface area contributed by atoms with Gasteiger partial charge in [0.15, 0.2) is 5.13 Å². The minimum Gasteiger partial charge on any atom is -0.477 e. The lowest BCUT2D eigenvalue weighted by atomic mass is 9.77. The number of thiazole rings is 1. The maximum absolute atomic E-state index is 11.3. The zero-order chi connectivity index (χ0) is 14.9. The van der Waals surface area contributed by atoms with Gasteiger partial charge in [0.2, 0.25) is 0 Å². The Morgan fingerprint density at radius 1 is 1.33 bits per heavy atom. The predicted octanol–water partition coefficient (Wildman–Crippen LogP) is 3.15. The van der Waals surface area contributed by atoms with Crippen molar-refractivity contribution in [2.24, 2.45) is 5.41 Å². The van der Waals surface area contributed by atoms with Crippen LogP contribution >= 0.6 is 11.3 Å². The third-order valence-corrected chi connectivity index (χ3v) is 6.07. The molecule has 0 bridgehead atoms. The van der Waals surface area contributed by atoms with Gasteiger partial charge in [0.05, 0.1) is 12.3 Å². The Morgan fingerprint density at radius 3 is 2.57 bits per heavy atom. The molecule has 2 heterocycles. The highest BCUT2D eigenvalue weighted by Gasteiger charge is 2.37. The minimum absolute atomic E-state index is 0.260. The van der Waals surface area contributed by atoms with Crippen molar-refractivity contribution in [2.45, 2.75) is 45.1 Å². The number of hydrogen-bond acceptors (Lipinski definition) is 5. The molecule has 0 amide bonds. The van der Waals surface area contributed by atoms with Crippen molar-refractivity contribution in [1.82, 2.24) is 4.98 Å². The number of nitrogens with zero attached hydrogens (tertiary/aromatic N) is 2. The van der Waals surface area contributed by atoms with Crippen molar-refractivity contribution >= 4 is 22.4 Å². The third-order valence-electron chi connectivity index (χ3n) is 4.92. The van der Waals surface area contributed by atoms with Crippen LogP contribution in [0.15, 0.2) is 0 Å². The molecule has 3 rings (SSSR count). The van der Waals surface area contributed by atoms with Gasteiger partial charge in [-0.3, -0.25) is 0 Å². The summed E-state index contributed by atoms with van der Waals surface area (Å²) < 4.78 is 5.06. The first kappa shape index (κ1) is 14.8. The number of anilines is 1. The van der Waals surface area contributed by atoms with Crippen LogP contribution in [0, 0.1) is 5.41 Å². The molecule has 2 aliphatic rings. The van der Waals surface area contributed by atoms with E-state index < -0.39 is 5.97 Å². The summed E-state index contributed by atoms with van der Waals surface area (Å²) >= 11 is 1.28. The Hall–Kier alpha value is -1.14. The molecule has 1 saturated heterocycles. The molecule has 1 saturated carbocycles. The highest BCUT2D eigenvalue weighted by molar-refractivity contribution is 7.17. The van der Waals surface area contributed by atoms with Crippen LogP contribution < -0.4 is 4.90 Å². The second kappa shape index (κ2) is 5.93. The molecule has 1 aliphatic heterocycles. The molecule has 21 heavy (non-hydrogen) atoms. The van der Waals surface area contributed by atoms with E-state index in [1.54, 1.807) is 7.11 Å². The van der Waals surface area contributed by atoms with E-state index in [2.05, 4.69) is 9.88 Å². The molecule has 2 fully saturated rings. The summed E-state index contributed by atoms with van der Waals surface area (Å²) in [6.07, 6.45) is 7.92. The van der Waals surface area contributed by atoms with Gasteiger partial charge in [-0.25, -0.2) is 9.78 Å². The largest absolute Gasteiger partial charge is 0.477 e. The van der Waals surface area contributed by atoms with E-state index in [0.29, 0.717) is 16.0 Å². The van der Waals surface area contributed by atoms with Crippen molar-refractivity contribution < 1.29 is 14.6 Å². The molecule has 0 atom stereocenters. The highest BCUT2D eigenvalue weighted by Crippen LogP contribution is 2.47. The van der Waals surface area contributed by atoms with Gasteiger partial charge in [-0.2, -0.15) is 0 Å². The topological polar surface area (TPSA) is 62.7 Å². The summed E-state index contributed by atoms with van der Waals surface area (Å²) in [5.74, 6) is -0.907. The molecule has 6 heteroatoms. The average Bonchev–Trinajstić information content (AvgIpc) is 3.08. The third kappa shape index (κ3) is 2.92. The molecule has 0 aromatic carbocycles. The van der Waals surface area contributed by atoms with Crippen LogP contribution in [0.3, 0.4) is 0 Å². The first-order chi connectivity index (χ1) is 10.1. The molecular weight excluding hydrogens is 288 g/mol. The fourth-order valence-corrected chi connectivity index (χ4v) is 4.63. The van der Waals surface area contributed by atoms with E-state index >= 15 is 0 Å². The Kier molecular flexibility index (Phi) is 4.17. The van der Waals surface area contributed by atoms with Gasteiger partial charge in [-0.15, -0.1) is 0 Å². The number of methoxy groups -OCH3 is 1. The van der Waals surface area contributed by atoms with Crippen LogP contribution in [-0.2, 0) is 11.3 Å². The average molecular weight is 310 g/mol. The zero-order valence-corrected chi connectivity index (χ0v) is 13.2. The summed E-state index contributed by atoms with van der Waals surface area (Å²) in [4.78, 5) is 18.4. The van der Waals surface area contributed by atoms with Crippen molar-refractivity contribution in [3.8, 4) is 0 Å². The number of aromatic nitrogens is 1. The Bertz CT molecular complexity index is 513. The molecule has 1 aliphatic carbocycles. The van der Waals surface area contributed by atoms with E-state index in [0.717, 1.165) is 18.2 Å². The zero-order valence-electron chi connectivity index (χ0n) is 12.4. The monoisotopic (exact) mass is 310 g/mol. The van der Waals surface area contributed by atoms with Gasteiger partial charge in [-0.1, -0.05) is 24.2 Å². The number of carboxylic acid groups (broad SMARTS) is 1. The summed E-state index contributed by atoms with van der Waals surface area (Å²) in [7, 11) is 1.56. The first-order valence-corrected chi connectivity index (χ1v) is 8.42. The van der Waals surface area contributed by atoms with Crippen molar-refractivity contribution in [1.29, 1.82) is 0 Å². The van der Waals surface area contributed by atoms with E-state index in [1.807, 2.05) is 0 Å². The van der Waals surface area contributed by atoms with Crippen molar-refractivity contribution in [3.05, 3.63) is 10.6 Å². The molecule has 1 spiro atoms. The molecule has 1 aromatic rings. The molecular formula is C15H22N2O3S. The van der Waals surface area contributed by atoms with Crippen LogP contribution in [0.1, 0.15) is 53.9 Å². The lowest BCUT2D eigenvalue weighted by Crippen LogP contribution is -2.38. The van der Waals surface area contributed by atoms with Gasteiger partial charge in [0.25, 0.3) is 0 Å². The Labute approximate surface area is 128 Å². The maximum Gasteiger partial charge on any atom is 0.347 e. The van der Waals surface area contributed by atoms with E-state index in [1.165, 1.54) is 49.9 Å². The van der Waals surface area contributed by atoms with Crippen molar-refractivity contribution in [3.63, 3.8) is 0 Å². The van der Waals surface area contributed by atoms with Crippen LogP contribution in [0.4, 0.5) is 5.13 Å². The lowest BCUT2D eigenvalue weighted by molar-refractivity contribution is 0.0697. The molecule has 5 nitrogen and oxygen atoms in total. The normalized spacial score (nSPS) is 21.1. The van der Waals surface area contributed by atoms with E-state index in [9.17, 15) is 9.90 Å². The number of hydrogen-bond donors (Lipinski definition) is 1. The van der Waals surface area contributed by atoms with Crippen molar-refractivity contribution in [2.75, 3.05) is 25.1 Å². The summed E-state index contributed by atoms with van der Waals surface area (Å²) in [6, 6.07) is 0. The second-order valence-electron chi connectivity index (χ2n) is 6.20.